The third-order valence-electron chi connectivity index (χ3n) is 2.77. The lowest BCUT2D eigenvalue weighted by atomic mass is 9.98. The van der Waals surface area contributed by atoms with Crippen molar-refractivity contribution in [2.75, 3.05) is 0 Å². The molecule has 0 radical (unpaired) electrons. The van der Waals surface area contributed by atoms with Crippen molar-refractivity contribution in [2.45, 2.75) is 6.42 Å². The molecule has 0 aliphatic heterocycles. The second kappa shape index (κ2) is 5.66. The van der Waals surface area contributed by atoms with Crippen molar-refractivity contribution in [3.8, 4) is 17.2 Å². The molecule has 0 atom stereocenters. The third kappa shape index (κ3) is 2.52. The Bertz CT molecular complexity index is 623. The van der Waals surface area contributed by atoms with Crippen LogP contribution in [0.1, 0.15) is 11.1 Å². The van der Waals surface area contributed by atoms with Gasteiger partial charge in [-0.1, -0.05) is 46.3 Å². The Hall–Kier alpha value is -1.85. The van der Waals surface area contributed by atoms with Crippen LogP contribution in [0.4, 0.5) is 0 Å². The Kier molecular flexibility index (Phi) is 3.96. The van der Waals surface area contributed by atoms with Gasteiger partial charge in [0.25, 0.3) is 0 Å². The summed E-state index contributed by atoms with van der Waals surface area (Å²) >= 11 is 3.53. The standard InChI is InChI=1S/C16H12BrN/c1-2-5-13-10-12(8-9-16(13)17)15-7-4-3-6-14(15)11-18/h2-4,6-10H,1,5H2. The van der Waals surface area contributed by atoms with Gasteiger partial charge in [-0.15, -0.1) is 6.58 Å². The molecule has 0 N–H and O–H groups in total. The van der Waals surface area contributed by atoms with Gasteiger partial charge in [-0.05, 0) is 41.3 Å². The second-order valence-corrected chi connectivity index (χ2v) is 4.81. The van der Waals surface area contributed by atoms with Gasteiger partial charge in [0.05, 0.1) is 11.6 Å². The molecule has 2 aromatic carbocycles. The summed E-state index contributed by atoms with van der Waals surface area (Å²) in [6.07, 6.45) is 2.68. The molecule has 0 saturated carbocycles. The molecule has 0 aliphatic carbocycles. The molecule has 2 heteroatoms. The first kappa shape index (κ1) is 12.6. The first-order valence-electron chi connectivity index (χ1n) is 5.65. The Labute approximate surface area is 116 Å². The fourth-order valence-electron chi connectivity index (χ4n) is 1.89. The van der Waals surface area contributed by atoms with Crippen molar-refractivity contribution in [2.24, 2.45) is 0 Å². The number of benzene rings is 2. The van der Waals surface area contributed by atoms with Crippen LogP contribution in [0.25, 0.3) is 11.1 Å². The van der Waals surface area contributed by atoms with Gasteiger partial charge in [0.1, 0.15) is 0 Å². The Morgan fingerprint density at radius 2 is 2.00 bits per heavy atom. The number of allylic oxidation sites excluding steroid dienone is 1. The molecule has 0 bridgehead atoms. The molecule has 0 spiro atoms. The molecule has 0 unspecified atom stereocenters. The lowest BCUT2D eigenvalue weighted by Gasteiger charge is -2.08. The number of hydrogen-bond donors (Lipinski definition) is 0. The van der Waals surface area contributed by atoms with Crippen molar-refractivity contribution in [3.63, 3.8) is 0 Å². The van der Waals surface area contributed by atoms with E-state index in [-0.39, 0.29) is 0 Å². The predicted molar refractivity (Wildman–Crippen MR) is 78.2 cm³/mol. The van der Waals surface area contributed by atoms with Crippen LogP contribution in [0.5, 0.6) is 0 Å². The maximum Gasteiger partial charge on any atom is 0.0998 e. The molecule has 88 valence electrons. The summed E-state index contributed by atoms with van der Waals surface area (Å²) in [5, 5.41) is 9.13. The highest BCUT2D eigenvalue weighted by molar-refractivity contribution is 9.10. The maximum atomic E-state index is 9.13. The van der Waals surface area contributed by atoms with E-state index in [9.17, 15) is 0 Å². The van der Waals surface area contributed by atoms with Crippen LogP contribution >= 0.6 is 15.9 Å². The minimum Gasteiger partial charge on any atom is -0.192 e. The molecule has 0 fully saturated rings. The third-order valence-corrected chi connectivity index (χ3v) is 3.54. The monoisotopic (exact) mass is 297 g/mol. The van der Waals surface area contributed by atoms with E-state index in [4.69, 9.17) is 5.26 Å². The van der Waals surface area contributed by atoms with Gasteiger partial charge in [0.15, 0.2) is 0 Å². The Morgan fingerprint density at radius 1 is 1.22 bits per heavy atom. The highest BCUT2D eigenvalue weighted by Crippen LogP contribution is 2.28. The zero-order valence-corrected chi connectivity index (χ0v) is 11.4. The molecular weight excluding hydrogens is 286 g/mol. The highest BCUT2D eigenvalue weighted by atomic mass is 79.9. The summed E-state index contributed by atoms with van der Waals surface area (Å²) < 4.78 is 1.07. The van der Waals surface area contributed by atoms with Crippen molar-refractivity contribution in [3.05, 3.63) is 70.7 Å². The van der Waals surface area contributed by atoms with Crippen molar-refractivity contribution >= 4 is 15.9 Å². The molecule has 1 nitrogen and oxygen atoms in total. The van der Waals surface area contributed by atoms with Gasteiger partial charge >= 0.3 is 0 Å². The topological polar surface area (TPSA) is 23.8 Å². The van der Waals surface area contributed by atoms with E-state index < -0.39 is 0 Å². The lowest BCUT2D eigenvalue weighted by molar-refractivity contribution is 1.26. The maximum absolute atomic E-state index is 9.13. The molecule has 0 aliphatic rings. The molecule has 0 heterocycles. The van der Waals surface area contributed by atoms with E-state index in [2.05, 4.69) is 34.6 Å². The molecular formula is C16H12BrN. The van der Waals surface area contributed by atoms with Gasteiger partial charge in [-0.2, -0.15) is 5.26 Å². The number of nitriles is 1. The van der Waals surface area contributed by atoms with Crippen molar-refractivity contribution < 1.29 is 0 Å². The van der Waals surface area contributed by atoms with E-state index in [1.165, 1.54) is 5.56 Å². The SMILES string of the molecule is C=CCc1cc(-c2ccccc2C#N)ccc1Br. The van der Waals surface area contributed by atoms with Crippen LogP contribution in [-0.4, -0.2) is 0 Å². The second-order valence-electron chi connectivity index (χ2n) is 3.96. The van der Waals surface area contributed by atoms with Crippen molar-refractivity contribution in [1.29, 1.82) is 5.26 Å². The summed E-state index contributed by atoms with van der Waals surface area (Å²) in [5.41, 5.74) is 3.91. The largest absolute Gasteiger partial charge is 0.192 e. The molecule has 18 heavy (non-hydrogen) atoms. The minimum absolute atomic E-state index is 0.698. The zero-order chi connectivity index (χ0) is 13.0. The Balaban J connectivity index is 2.55. The van der Waals surface area contributed by atoms with E-state index in [0.29, 0.717) is 5.56 Å². The van der Waals surface area contributed by atoms with Gasteiger partial charge in [-0.3, -0.25) is 0 Å². The van der Waals surface area contributed by atoms with Crippen LogP contribution < -0.4 is 0 Å². The molecule has 2 rings (SSSR count). The zero-order valence-electron chi connectivity index (χ0n) is 9.86. The van der Waals surface area contributed by atoms with Crippen LogP contribution in [0.3, 0.4) is 0 Å². The fraction of sp³-hybridized carbons (Fsp3) is 0.0625. The normalized spacial score (nSPS) is 9.78. The summed E-state index contributed by atoms with van der Waals surface area (Å²) in [6, 6.07) is 16.0. The minimum atomic E-state index is 0.698. The van der Waals surface area contributed by atoms with Gasteiger partial charge < -0.3 is 0 Å². The number of halogens is 1. The number of rotatable bonds is 3. The van der Waals surface area contributed by atoms with Crippen LogP contribution in [0.2, 0.25) is 0 Å². The first-order valence-corrected chi connectivity index (χ1v) is 6.44. The lowest BCUT2D eigenvalue weighted by Crippen LogP contribution is -1.88. The fourth-order valence-corrected chi connectivity index (χ4v) is 2.30. The van der Waals surface area contributed by atoms with E-state index in [1.807, 2.05) is 42.5 Å². The average molecular weight is 298 g/mol. The van der Waals surface area contributed by atoms with Crippen molar-refractivity contribution in [1.82, 2.24) is 0 Å². The summed E-state index contributed by atoms with van der Waals surface area (Å²) in [4.78, 5) is 0. The van der Waals surface area contributed by atoms with Gasteiger partial charge in [0.2, 0.25) is 0 Å². The first-order chi connectivity index (χ1) is 8.76. The predicted octanol–water partition coefficient (Wildman–Crippen LogP) is 4.72. The molecule has 0 aromatic heterocycles. The number of hydrogen-bond acceptors (Lipinski definition) is 1. The van der Waals surface area contributed by atoms with Crippen LogP contribution in [0.15, 0.2) is 59.6 Å². The highest BCUT2D eigenvalue weighted by Gasteiger charge is 2.06. The summed E-state index contributed by atoms with van der Waals surface area (Å²) in [5.74, 6) is 0. The number of nitrogens with zero attached hydrogens (tertiary/aromatic N) is 1. The molecule has 2 aromatic rings. The summed E-state index contributed by atoms with van der Waals surface area (Å²) in [7, 11) is 0. The smallest absolute Gasteiger partial charge is 0.0998 e. The summed E-state index contributed by atoms with van der Waals surface area (Å²) in [6.45, 7) is 3.76. The molecule has 0 amide bonds. The molecule has 0 saturated heterocycles. The van der Waals surface area contributed by atoms with Gasteiger partial charge in [-0.25, -0.2) is 0 Å². The quantitative estimate of drug-likeness (QED) is 0.752. The van der Waals surface area contributed by atoms with Gasteiger partial charge in [0, 0.05) is 4.47 Å². The Morgan fingerprint density at radius 3 is 2.72 bits per heavy atom. The van der Waals surface area contributed by atoms with E-state index >= 15 is 0 Å². The average Bonchev–Trinajstić information content (AvgIpc) is 2.41. The van der Waals surface area contributed by atoms with E-state index in [0.717, 1.165) is 22.0 Å². The van der Waals surface area contributed by atoms with Crippen LogP contribution in [0, 0.1) is 11.3 Å². The van der Waals surface area contributed by atoms with Crippen LogP contribution in [-0.2, 0) is 6.42 Å². The van der Waals surface area contributed by atoms with E-state index in [1.54, 1.807) is 0 Å².